The zero-order chi connectivity index (χ0) is 9.68. The van der Waals surface area contributed by atoms with Crippen LogP contribution in [0.15, 0.2) is 24.3 Å². The van der Waals surface area contributed by atoms with Crippen molar-refractivity contribution in [2.45, 2.75) is 13.5 Å². The van der Waals surface area contributed by atoms with Gasteiger partial charge in [0.05, 0.1) is 7.11 Å². The topological polar surface area (TPSA) is 35.5 Å². The van der Waals surface area contributed by atoms with Crippen molar-refractivity contribution in [1.29, 1.82) is 0 Å². The van der Waals surface area contributed by atoms with E-state index in [1.807, 2.05) is 31.2 Å². The molecule has 0 N–H and O–H groups in total. The Hall–Kier alpha value is -1.51. The largest absolute Gasteiger partial charge is 0.508 e. The highest BCUT2D eigenvalue weighted by Crippen LogP contribution is 2.05. The van der Waals surface area contributed by atoms with Crippen LogP contribution in [-0.4, -0.2) is 13.3 Å². The van der Waals surface area contributed by atoms with E-state index in [1.165, 1.54) is 7.11 Å². The molecule has 70 valence electrons. The zero-order valence-electron chi connectivity index (χ0n) is 7.74. The summed E-state index contributed by atoms with van der Waals surface area (Å²) in [5.74, 6) is 0. The molecule has 1 aromatic carbocycles. The normalized spacial score (nSPS) is 9.38. The van der Waals surface area contributed by atoms with Gasteiger partial charge >= 0.3 is 6.16 Å². The van der Waals surface area contributed by atoms with Crippen LogP contribution in [-0.2, 0) is 16.1 Å². The van der Waals surface area contributed by atoms with Gasteiger partial charge in [0.1, 0.15) is 6.61 Å². The molecular formula is C10H12O3. The Bertz CT molecular complexity index is 294. The maximum absolute atomic E-state index is 10.6. The molecule has 0 fully saturated rings. The average molecular weight is 180 g/mol. The van der Waals surface area contributed by atoms with Gasteiger partial charge < -0.3 is 9.47 Å². The van der Waals surface area contributed by atoms with Gasteiger partial charge in [-0.1, -0.05) is 29.8 Å². The molecule has 0 aliphatic heterocycles. The van der Waals surface area contributed by atoms with Gasteiger partial charge in [0, 0.05) is 0 Å². The lowest BCUT2D eigenvalue weighted by molar-refractivity contribution is 0.0669. The van der Waals surface area contributed by atoms with Gasteiger partial charge in [-0.2, -0.15) is 0 Å². The van der Waals surface area contributed by atoms with Crippen molar-refractivity contribution in [3.63, 3.8) is 0 Å². The number of rotatable bonds is 2. The van der Waals surface area contributed by atoms with Crippen LogP contribution in [0.2, 0.25) is 0 Å². The van der Waals surface area contributed by atoms with Crippen molar-refractivity contribution in [3.8, 4) is 0 Å². The smallest absolute Gasteiger partial charge is 0.438 e. The molecule has 0 saturated heterocycles. The highest BCUT2D eigenvalue weighted by Gasteiger charge is 2.00. The van der Waals surface area contributed by atoms with Crippen LogP contribution in [0.1, 0.15) is 11.1 Å². The first-order valence-electron chi connectivity index (χ1n) is 3.98. The Balaban J connectivity index is 2.50. The molecule has 0 aromatic heterocycles. The standard InChI is InChI=1S/C10H12O3/c1-8-4-3-5-9(6-8)7-13-10(11)12-2/h3-6H,7H2,1-2H3. The van der Waals surface area contributed by atoms with Crippen molar-refractivity contribution in [1.82, 2.24) is 0 Å². The van der Waals surface area contributed by atoms with Crippen LogP contribution < -0.4 is 0 Å². The summed E-state index contributed by atoms with van der Waals surface area (Å²) < 4.78 is 9.11. The Morgan fingerprint density at radius 3 is 2.85 bits per heavy atom. The molecule has 0 aliphatic rings. The van der Waals surface area contributed by atoms with Crippen molar-refractivity contribution in [3.05, 3.63) is 35.4 Å². The van der Waals surface area contributed by atoms with Crippen molar-refractivity contribution < 1.29 is 14.3 Å². The monoisotopic (exact) mass is 180 g/mol. The van der Waals surface area contributed by atoms with Crippen LogP contribution in [0.5, 0.6) is 0 Å². The number of ether oxygens (including phenoxy) is 2. The third kappa shape index (κ3) is 3.15. The molecule has 0 spiro atoms. The summed E-state index contributed by atoms with van der Waals surface area (Å²) in [6.07, 6.45) is -0.651. The molecule has 1 aromatic rings. The number of aryl methyl sites for hydroxylation is 1. The maximum atomic E-state index is 10.6. The summed E-state index contributed by atoms with van der Waals surface area (Å²) >= 11 is 0. The summed E-state index contributed by atoms with van der Waals surface area (Å²) in [6.45, 7) is 2.25. The molecule has 0 radical (unpaired) electrons. The van der Waals surface area contributed by atoms with Gasteiger partial charge in [0.15, 0.2) is 0 Å². The van der Waals surface area contributed by atoms with E-state index in [0.29, 0.717) is 0 Å². The van der Waals surface area contributed by atoms with Crippen LogP contribution in [0.4, 0.5) is 4.79 Å². The number of hydrogen-bond donors (Lipinski definition) is 0. The number of benzene rings is 1. The first-order valence-corrected chi connectivity index (χ1v) is 3.98. The molecule has 13 heavy (non-hydrogen) atoms. The van der Waals surface area contributed by atoms with E-state index in [9.17, 15) is 4.79 Å². The lowest BCUT2D eigenvalue weighted by Crippen LogP contribution is -2.03. The molecule has 0 saturated carbocycles. The number of hydrogen-bond acceptors (Lipinski definition) is 3. The van der Waals surface area contributed by atoms with E-state index in [0.717, 1.165) is 11.1 Å². The minimum Gasteiger partial charge on any atom is -0.438 e. The Morgan fingerprint density at radius 1 is 1.46 bits per heavy atom. The van der Waals surface area contributed by atoms with Crippen LogP contribution >= 0.6 is 0 Å². The molecule has 0 bridgehead atoms. The molecule has 0 heterocycles. The molecule has 0 unspecified atom stereocenters. The summed E-state index contributed by atoms with van der Waals surface area (Å²) in [7, 11) is 1.29. The molecule has 3 nitrogen and oxygen atoms in total. The number of carbonyl (C=O) groups is 1. The molecule has 0 aliphatic carbocycles. The van der Waals surface area contributed by atoms with Gasteiger partial charge in [-0.3, -0.25) is 0 Å². The molecule has 0 atom stereocenters. The fourth-order valence-electron chi connectivity index (χ4n) is 1.00. The minimum atomic E-state index is -0.651. The molecule has 3 heteroatoms. The Morgan fingerprint density at radius 2 is 2.23 bits per heavy atom. The average Bonchev–Trinajstić information content (AvgIpc) is 2.14. The fourth-order valence-corrected chi connectivity index (χ4v) is 1.00. The SMILES string of the molecule is COC(=O)OCc1cccc(C)c1. The predicted octanol–water partition coefficient (Wildman–Crippen LogP) is 2.28. The summed E-state index contributed by atoms with van der Waals surface area (Å²) in [4.78, 5) is 10.6. The van der Waals surface area contributed by atoms with Crippen molar-refractivity contribution in [2.24, 2.45) is 0 Å². The van der Waals surface area contributed by atoms with Gasteiger partial charge in [-0.15, -0.1) is 0 Å². The van der Waals surface area contributed by atoms with E-state index in [2.05, 4.69) is 4.74 Å². The van der Waals surface area contributed by atoms with Gasteiger partial charge in [0.2, 0.25) is 0 Å². The highest BCUT2D eigenvalue weighted by molar-refractivity contribution is 5.59. The highest BCUT2D eigenvalue weighted by atomic mass is 16.7. The quantitative estimate of drug-likeness (QED) is 0.655. The fraction of sp³-hybridized carbons (Fsp3) is 0.300. The molecule has 0 amide bonds. The lowest BCUT2D eigenvalue weighted by atomic mass is 10.1. The van der Waals surface area contributed by atoms with E-state index < -0.39 is 6.16 Å². The third-order valence-electron chi connectivity index (χ3n) is 1.61. The maximum Gasteiger partial charge on any atom is 0.508 e. The summed E-state index contributed by atoms with van der Waals surface area (Å²) in [6, 6.07) is 7.77. The number of methoxy groups -OCH3 is 1. The first kappa shape index (κ1) is 9.58. The summed E-state index contributed by atoms with van der Waals surface area (Å²) in [5, 5.41) is 0. The Kier molecular flexibility index (Phi) is 3.31. The van der Waals surface area contributed by atoms with E-state index in [-0.39, 0.29) is 6.61 Å². The van der Waals surface area contributed by atoms with Crippen LogP contribution in [0, 0.1) is 6.92 Å². The molecular weight excluding hydrogens is 168 g/mol. The predicted molar refractivity (Wildman–Crippen MR) is 48.4 cm³/mol. The third-order valence-corrected chi connectivity index (χ3v) is 1.61. The van der Waals surface area contributed by atoms with Gasteiger partial charge in [-0.25, -0.2) is 4.79 Å². The van der Waals surface area contributed by atoms with E-state index in [1.54, 1.807) is 0 Å². The second-order valence-corrected chi connectivity index (χ2v) is 2.73. The second kappa shape index (κ2) is 4.50. The molecule has 1 rings (SSSR count). The van der Waals surface area contributed by atoms with Crippen LogP contribution in [0.3, 0.4) is 0 Å². The van der Waals surface area contributed by atoms with Crippen molar-refractivity contribution in [2.75, 3.05) is 7.11 Å². The van der Waals surface area contributed by atoms with E-state index in [4.69, 9.17) is 4.74 Å². The van der Waals surface area contributed by atoms with Crippen molar-refractivity contribution >= 4 is 6.16 Å². The van der Waals surface area contributed by atoms with Crippen LogP contribution in [0.25, 0.3) is 0 Å². The van der Waals surface area contributed by atoms with E-state index >= 15 is 0 Å². The summed E-state index contributed by atoms with van der Waals surface area (Å²) in [5.41, 5.74) is 2.11. The second-order valence-electron chi connectivity index (χ2n) is 2.73. The minimum absolute atomic E-state index is 0.258. The van der Waals surface area contributed by atoms with Gasteiger partial charge in [-0.05, 0) is 12.5 Å². The Labute approximate surface area is 77.3 Å². The first-order chi connectivity index (χ1) is 6.22. The van der Waals surface area contributed by atoms with Gasteiger partial charge in [0.25, 0.3) is 0 Å². The zero-order valence-corrected chi connectivity index (χ0v) is 7.74. The number of carbonyl (C=O) groups excluding carboxylic acids is 1. The lowest BCUT2D eigenvalue weighted by Gasteiger charge is -2.03.